The minimum Gasteiger partial charge on any atom is -0.493 e. The maximum Gasteiger partial charge on any atom is 0.314 e. The Hall–Kier alpha value is -2.23. The van der Waals surface area contributed by atoms with Crippen molar-refractivity contribution in [1.29, 1.82) is 0 Å². The smallest absolute Gasteiger partial charge is 0.314 e. The predicted molar refractivity (Wildman–Crippen MR) is 119 cm³/mol. The highest BCUT2D eigenvalue weighted by molar-refractivity contribution is 6.33. The first-order valence-electron chi connectivity index (χ1n) is 10.8. The fourth-order valence-electron chi connectivity index (χ4n) is 4.09. The molecule has 1 aromatic carbocycles. The number of likely N-dealkylation sites (tertiary alicyclic amines) is 1. The summed E-state index contributed by atoms with van der Waals surface area (Å²) in [6.45, 7) is 7.28. The fourth-order valence-corrected chi connectivity index (χ4v) is 4.26. The third-order valence-corrected chi connectivity index (χ3v) is 6.13. The van der Waals surface area contributed by atoms with Gasteiger partial charge in [-0.1, -0.05) is 11.6 Å². The topological polar surface area (TPSA) is 123 Å². The number of halogens is 1. The van der Waals surface area contributed by atoms with Crippen molar-refractivity contribution >= 4 is 29.2 Å². The number of benzene rings is 1. The molecule has 31 heavy (non-hydrogen) atoms. The molecule has 0 aromatic heterocycles. The van der Waals surface area contributed by atoms with Crippen molar-refractivity contribution in [2.24, 2.45) is 11.7 Å². The molecule has 9 nitrogen and oxygen atoms in total. The molecule has 2 saturated heterocycles. The van der Waals surface area contributed by atoms with Crippen LogP contribution in [0.2, 0.25) is 5.02 Å². The number of carbonyl (C=O) groups excluding carboxylic acids is 2. The van der Waals surface area contributed by atoms with Crippen molar-refractivity contribution in [3.63, 3.8) is 0 Å². The number of nitrogens with two attached hydrogens (primary N) is 2. The average molecular weight is 454 g/mol. The molecule has 1 unspecified atom stereocenters. The number of nitrogen functional groups attached to an aromatic ring is 1. The minimum atomic E-state index is -0.337. The van der Waals surface area contributed by atoms with Gasteiger partial charge in [-0.05, 0) is 31.7 Å². The third-order valence-electron chi connectivity index (χ3n) is 5.80. The Morgan fingerprint density at radius 1 is 1.29 bits per heavy atom. The molecule has 10 heteroatoms. The summed E-state index contributed by atoms with van der Waals surface area (Å²) in [4.78, 5) is 28.1. The SMILES string of the molecule is CCOc1cc(N)c(Cl)cc1C(=O)NCC1CN(CC2CCN(C(N)=O)CC2)CCO1. The van der Waals surface area contributed by atoms with Crippen molar-refractivity contribution in [2.75, 3.05) is 58.2 Å². The number of hydrogen-bond acceptors (Lipinski definition) is 6. The molecule has 1 atom stereocenters. The number of morpholine rings is 1. The van der Waals surface area contributed by atoms with Crippen LogP contribution in [0.3, 0.4) is 0 Å². The molecular formula is C21H32ClN5O4. The molecule has 0 aliphatic carbocycles. The van der Waals surface area contributed by atoms with E-state index in [4.69, 9.17) is 32.5 Å². The van der Waals surface area contributed by atoms with Crippen LogP contribution in [0.4, 0.5) is 10.5 Å². The van der Waals surface area contributed by atoms with Gasteiger partial charge in [0.15, 0.2) is 0 Å². The van der Waals surface area contributed by atoms with Crippen LogP contribution < -0.4 is 21.5 Å². The average Bonchev–Trinajstić information content (AvgIpc) is 2.75. The van der Waals surface area contributed by atoms with E-state index in [1.165, 1.54) is 6.07 Å². The van der Waals surface area contributed by atoms with Crippen LogP contribution in [0.1, 0.15) is 30.1 Å². The number of amides is 3. The van der Waals surface area contributed by atoms with Gasteiger partial charge in [0.05, 0.1) is 35.6 Å². The van der Waals surface area contributed by atoms with Crippen LogP contribution in [0.5, 0.6) is 5.75 Å². The maximum absolute atomic E-state index is 12.7. The van der Waals surface area contributed by atoms with E-state index >= 15 is 0 Å². The van der Waals surface area contributed by atoms with Crippen molar-refractivity contribution in [3.05, 3.63) is 22.7 Å². The van der Waals surface area contributed by atoms with Gasteiger partial charge in [-0.3, -0.25) is 9.69 Å². The summed E-state index contributed by atoms with van der Waals surface area (Å²) >= 11 is 6.10. The summed E-state index contributed by atoms with van der Waals surface area (Å²) < 4.78 is 11.4. The quantitative estimate of drug-likeness (QED) is 0.538. The molecule has 2 aliphatic heterocycles. The summed E-state index contributed by atoms with van der Waals surface area (Å²) in [5.41, 5.74) is 11.9. The third kappa shape index (κ3) is 6.38. The highest BCUT2D eigenvalue weighted by Crippen LogP contribution is 2.29. The van der Waals surface area contributed by atoms with Gasteiger partial charge in [0.25, 0.3) is 5.91 Å². The number of ether oxygens (including phenoxy) is 2. The first-order valence-corrected chi connectivity index (χ1v) is 11.1. The van der Waals surface area contributed by atoms with Crippen LogP contribution >= 0.6 is 11.6 Å². The zero-order chi connectivity index (χ0) is 22.4. The molecule has 2 heterocycles. The van der Waals surface area contributed by atoms with Gasteiger partial charge in [0, 0.05) is 45.3 Å². The van der Waals surface area contributed by atoms with E-state index in [-0.39, 0.29) is 18.0 Å². The Kier molecular flexibility index (Phi) is 8.22. The van der Waals surface area contributed by atoms with Gasteiger partial charge in [-0.2, -0.15) is 0 Å². The van der Waals surface area contributed by atoms with Gasteiger partial charge in [-0.15, -0.1) is 0 Å². The van der Waals surface area contributed by atoms with Gasteiger partial charge in [0.1, 0.15) is 5.75 Å². The number of primary amides is 1. The summed E-state index contributed by atoms with van der Waals surface area (Å²) in [6, 6.07) is 2.77. The fraction of sp³-hybridized carbons (Fsp3) is 0.619. The van der Waals surface area contributed by atoms with Gasteiger partial charge >= 0.3 is 6.03 Å². The lowest BCUT2D eigenvalue weighted by atomic mass is 9.96. The molecule has 0 spiro atoms. The molecule has 3 amide bonds. The van der Waals surface area contributed by atoms with Crippen molar-refractivity contribution in [1.82, 2.24) is 15.1 Å². The van der Waals surface area contributed by atoms with E-state index in [1.54, 1.807) is 11.0 Å². The molecular weight excluding hydrogens is 422 g/mol. The zero-order valence-electron chi connectivity index (χ0n) is 17.9. The lowest BCUT2D eigenvalue weighted by molar-refractivity contribution is -0.0330. The molecule has 2 fully saturated rings. The molecule has 0 saturated carbocycles. The standard InChI is InChI=1S/C21H32ClN5O4/c1-2-30-19-10-18(23)17(22)9-16(19)20(28)25-11-15-13-26(7-8-31-15)12-14-3-5-27(6-4-14)21(24)29/h9-10,14-15H,2-8,11-13,23H2,1H3,(H2,24,29)(H,25,28). The number of anilines is 1. The van der Waals surface area contributed by atoms with Crippen LogP contribution in [-0.4, -0.2) is 80.3 Å². The second-order valence-corrected chi connectivity index (χ2v) is 8.44. The Balaban J connectivity index is 1.49. The van der Waals surface area contributed by atoms with Crippen LogP contribution in [0, 0.1) is 5.92 Å². The summed E-state index contributed by atoms with van der Waals surface area (Å²) in [7, 11) is 0. The number of urea groups is 1. The van der Waals surface area contributed by atoms with Crippen LogP contribution in [0.15, 0.2) is 12.1 Å². The Morgan fingerprint density at radius 2 is 2.03 bits per heavy atom. The lowest BCUT2D eigenvalue weighted by Crippen LogP contribution is -2.50. The van der Waals surface area contributed by atoms with Gasteiger partial charge in [-0.25, -0.2) is 4.79 Å². The van der Waals surface area contributed by atoms with Crippen LogP contribution in [0.25, 0.3) is 0 Å². The molecule has 5 N–H and O–H groups in total. The lowest BCUT2D eigenvalue weighted by Gasteiger charge is -2.37. The largest absolute Gasteiger partial charge is 0.493 e. The second-order valence-electron chi connectivity index (χ2n) is 8.03. The van der Waals surface area contributed by atoms with E-state index in [9.17, 15) is 9.59 Å². The Labute approximate surface area is 187 Å². The highest BCUT2D eigenvalue weighted by atomic mass is 35.5. The highest BCUT2D eigenvalue weighted by Gasteiger charge is 2.27. The van der Waals surface area contributed by atoms with Crippen molar-refractivity contribution in [2.45, 2.75) is 25.9 Å². The minimum absolute atomic E-state index is 0.0943. The Bertz CT molecular complexity index is 785. The second kappa shape index (κ2) is 10.9. The first-order chi connectivity index (χ1) is 14.9. The van der Waals surface area contributed by atoms with E-state index in [0.29, 0.717) is 47.7 Å². The van der Waals surface area contributed by atoms with E-state index in [2.05, 4.69) is 10.2 Å². The van der Waals surface area contributed by atoms with Crippen molar-refractivity contribution < 1.29 is 19.1 Å². The van der Waals surface area contributed by atoms with Gasteiger partial charge in [0.2, 0.25) is 0 Å². The zero-order valence-corrected chi connectivity index (χ0v) is 18.7. The number of rotatable bonds is 7. The predicted octanol–water partition coefficient (Wildman–Crippen LogP) is 1.54. The van der Waals surface area contributed by atoms with E-state index in [1.807, 2.05) is 6.92 Å². The maximum atomic E-state index is 12.7. The summed E-state index contributed by atoms with van der Waals surface area (Å²) in [6.07, 6.45) is 1.82. The summed E-state index contributed by atoms with van der Waals surface area (Å²) in [5.74, 6) is 0.676. The molecule has 0 bridgehead atoms. The van der Waals surface area contributed by atoms with E-state index < -0.39 is 0 Å². The number of nitrogens with zero attached hydrogens (tertiary/aromatic N) is 2. The Morgan fingerprint density at radius 3 is 2.71 bits per heavy atom. The number of hydrogen-bond donors (Lipinski definition) is 3. The number of carbonyl (C=O) groups is 2. The molecule has 2 aliphatic rings. The van der Waals surface area contributed by atoms with E-state index in [0.717, 1.165) is 45.6 Å². The van der Waals surface area contributed by atoms with Crippen LogP contribution in [-0.2, 0) is 4.74 Å². The number of piperidine rings is 1. The molecule has 172 valence electrons. The molecule has 3 rings (SSSR count). The van der Waals surface area contributed by atoms with Gasteiger partial charge < -0.3 is 31.2 Å². The first kappa shape index (κ1) is 23.4. The molecule has 1 aromatic rings. The molecule has 0 radical (unpaired) electrons. The number of nitrogens with one attached hydrogen (secondary N) is 1. The van der Waals surface area contributed by atoms with Crippen molar-refractivity contribution in [3.8, 4) is 5.75 Å². The monoisotopic (exact) mass is 453 g/mol. The normalized spacial score (nSPS) is 20.5. The summed E-state index contributed by atoms with van der Waals surface area (Å²) in [5, 5.41) is 3.24.